The van der Waals surface area contributed by atoms with Gasteiger partial charge in [-0.3, -0.25) is 14.4 Å². The third-order valence-corrected chi connectivity index (χ3v) is 9.53. The Balaban J connectivity index is 1.24. The van der Waals surface area contributed by atoms with Crippen LogP contribution in [0.15, 0.2) is 72.6 Å². The van der Waals surface area contributed by atoms with Crippen LogP contribution < -0.4 is 19.7 Å². The number of aryl methyl sites for hydroxylation is 1. The molecule has 0 aliphatic carbocycles. The minimum absolute atomic E-state index is 0.0394. The number of ether oxygens (including phenoxy) is 3. The molecule has 1 saturated heterocycles. The number of rotatable bonds is 14. The van der Waals surface area contributed by atoms with E-state index in [1.165, 1.54) is 12.0 Å². The first kappa shape index (κ1) is 39.6. The van der Waals surface area contributed by atoms with Crippen molar-refractivity contribution in [2.45, 2.75) is 53.7 Å². The number of esters is 1. The zero-order chi connectivity index (χ0) is 39.0. The predicted octanol–water partition coefficient (Wildman–Crippen LogP) is 6.55. The number of carbonyl (C=O) groups is 3. The van der Waals surface area contributed by atoms with Gasteiger partial charge in [-0.1, -0.05) is 18.2 Å². The molecule has 1 fully saturated rings. The van der Waals surface area contributed by atoms with E-state index in [4.69, 9.17) is 14.2 Å². The molecule has 2 amide bonds. The van der Waals surface area contributed by atoms with Crippen molar-refractivity contribution in [3.63, 3.8) is 0 Å². The lowest BCUT2D eigenvalue weighted by molar-refractivity contribution is -0.156. The Kier molecular flexibility index (Phi) is 12.8. The molecule has 5 rings (SSSR count). The summed E-state index contributed by atoms with van der Waals surface area (Å²) in [6.45, 7) is 11.2. The summed E-state index contributed by atoms with van der Waals surface area (Å²) in [4.78, 5) is 57.5. The van der Waals surface area contributed by atoms with E-state index >= 15 is 0 Å². The largest absolute Gasteiger partial charge is 0.495 e. The molecule has 12 nitrogen and oxygen atoms in total. The van der Waals surface area contributed by atoms with Gasteiger partial charge in [0, 0.05) is 50.4 Å². The van der Waals surface area contributed by atoms with Crippen LogP contribution in [-0.4, -0.2) is 92.1 Å². The summed E-state index contributed by atoms with van der Waals surface area (Å²) < 4.78 is 19.1. The Morgan fingerprint density at radius 1 is 0.944 bits per heavy atom. The van der Waals surface area contributed by atoms with Gasteiger partial charge < -0.3 is 38.8 Å². The number of nitrogens with one attached hydrogen (secondary N) is 1. The maximum Gasteiger partial charge on any atom is 0.312 e. The molecule has 0 atom stereocenters. The highest BCUT2D eigenvalue weighted by Crippen LogP contribution is 2.33. The number of piperazine rings is 1. The zero-order valence-corrected chi connectivity index (χ0v) is 32.4. The van der Waals surface area contributed by atoms with Crippen LogP contribution in [0.5, 0.6) is 11.5 Å². The van der Waals surface area contributed by atoms with Crippen molar-refractivity contribution in [3.05, 3.63) is 89.2 Å². The summed E-state index contributed by atoms with van der Waals surface area (Å²) in [5, 5.41) is 3.74. The molecule has 1 N–H and O–H groups in total. The van der Waals surface area contributed by atoms with Crippen LogP contribution in [0.4, 0.5) is 11.4 Å². The summed E-state index contributed by atoms with van der Waals surface area (Å²) in [7, 11) is 5.25. The van der Waals surface area contributed by atoms with Crippen LogP contribution in [0.1, 0.15) is 66.3 Å². The molecule has 1 aliphatic rings. The summed E-state index contributed by atoms with van der Waals surface area (Å²) in [6, 6.07) is 17.8. The molecular formula is C42H51N5O7. The lowest BCUT2D eigenvalue weighted by Gasteiger charge is -2.34. The molecule has 2 heterocycles. The fraction of sp³-hybridized carbons (Fsp3) is 0.405. The standard InChI is InChI=1S/C42H51N5O7/c1-29-14-17-35(37(25-29)53-24-9-8-12-32(27-48)46-22-20-44(5)21-23-46)45(6)40(50)31-15-16-34(36(26-31)52-7)43-39(49)33-13-10-11-30-18-19-47(38(30)33)28-54-41(51)42(2,3)4/h10-11,13-19,25-26H,8-9,12,20-24,28H2,1-7H3,(H,43,49). The molecule has 1 aromatic heterocycles. The van der Waals surface area contributed by atoms with Crippen molar-refractivity contribution in [2.24, 2.45) is 5.41 Å². The van der Waals surface area contributed by atoms with Gasteiger partial charge in [0.1, 0.15) is 17.4 Å². The zero-order valence-electron chi connectivity index (χ0n) is 32.4. The van der Waals surface area contributed by atoms with Crippen LogP contribution in [0.25, 0.3) is 10.9 Å². The average molecular weight is 738 g/mol. The number of methoxy groups -OCH3 is 1. The minimum atomic E-state index is -0.662. The van der Waals surface area contributed by atoms with Crippen LogP contribution in [0.3, 0.4) is 0 Å². The van der Waals surface area contributed by atoms with E-state index in [1.54, 1.807) is 68.9 Å². The highest BCUT2D eigenvalue weighted by molar-refractivity contribution is 6.13. The normalized spacial score (nSPS) is 13.3. The monoisotopic (exact) mass is 737 g/mol. The maximum absolute atomic E-state index is 13.8. The molecule has 0 unspecified atom stereocenters. The number of carbonyl (C=O) groups excluding carboxylic acids is 4. The van der Waals surface area contributed by atoms with Crippen molar-refractivity contribution in [1.29, 1.82) is 0 Å². The lowest BCUT2D eigenvalue weighted by Crippen LogP contribution is -2.44. The molecule has 1 aliphatic heterocycles. The Bertz CT molecular complexity index is 2030. The first-order valence-corrected chi connectivity index (χ1v) is 18.2. The number of hydrogen-bond donors (Lipinski definition) is 1. The average Bonchev–Trinajstić information content (AvgIpc) is 3.58. The number of benzene rings is 3. The molecule has 0 spiro atoms. The summed E-state index contributed by atoms with van der Waals surface area (Å²) in [6.07, 6.45) is 3.94. The van der Waals surface area contributed by atoms with E-state index in [0.717, 1.165) is 50.0 Å². The smallest absolute Gasteiger partial charge is 0.312 e. The van der Waals surface area contributed by atoms with E-state index in [1.807, 2.05) is 37.3 Å². The molecule has 286 valence electrons. The molecule has 0 saturated carbocycles. The fourth-order valence-corrected chi connectivity index (χ4v) is 6.26. The van der Waals surface area contributed by atoms with Gasteiger partial charge in [-0.05, 0) is 102 Å². The third-order valence-electron chi connectivity index (χ3n) is 9.53. The van der Waals surface area contributed by atoms with Crippen molar-refractivity contribution in [2.75, 3.05) is 64.2 Å². The Labute approximate surface area is 317 Å². The second-order valence-electron chi connectivity index (χ2n) is 14.7. The Morgan fingerprint density at radius 3 is 2.41 bits per heavy atom. The van der Waals surface area contributed by atoms with Gasteiger partial charge in [0.05, 0.1) is 47.3 Å². The molecule has 0 bridgehead atoms. The molecule has 12 heteroatoms. The number of para-hydroxylation sites is 1. The van der Waals surface area contributed by atoms with Crippen LogP contribution in [-0.2, 0) is 21.1 Å². The topological polar surface area (TPSA) is 123 Å². The first-order valence-electron chi connectivity index (χ1n) is 18.2. The lowest BCUT2D eigenvalue weighted by atomic mass is 9.98. The highest BCUT2D eigenvalue weighted by atomic mass is 16.5. The van der Waals surface area contributed by atoms with Gasteiger partial charge in [0.15, 0.2) is 6.73 Å². The predicted molar refractivity (Wildman–Crippen MR) is 210 cm³/mol. The van der Waals surface area contributed by atoms with Crippen molar-refractivity contribution in [3.8, 4) is 11.5 Å². The second-order valence-corrected chi connectivity index (χ2v) is 14.7. The molecular weight excluding hydrogens is 686 g/mol. The quantitative estimate of drug-likeness (QED) is 0.0873. The number of anilines is 2. The molecule has 54 heavy (non-hydrogen) atoms. The highest BCUT2D eigenvalue weighted by Gasteiger charge is 2.25. The van der Waals surface area contributed by atoms with Crippen LogP contribution in [0.2, 0.25) is 0 Å². The number of hydrogen-bond acceptors (Lipinski definition) is 9. The first-order chi connectivity index (χ1) is 25.8. The van der Waals surface area contributed by atoms with Crippen LogP contribution in [0, 0.1) is 12.3 Å². The van der Waals surface area contributed by atoms with Crippen molar-refractivity contribution >= 4 is 46.0 Å². The third kappa shape index (κ3) is 9.50. The Hall–Kier alpha value is -5.58. The van der Waals surface area contributed by atoms with Gasteiger partial charge in [-0.25, -0.2) is 4.79 Å². The van der Waals surface area contributed by atoms with Crippen molar-refractivity contribution in [1.82, 2.24) is 14.4 Å². The van der Waals surface area contributed by atoms with E-state index in [2.05, 4.69) is 28.1 Å². The number of allylic oxidation sites excluding steroid dienone is 1. The van der Waals surface area contributed by atoms with Crippen LogP contribution >= 0.6 is 0 Å². The number of amides is 2. The summed E-state index contributed by atoms with van der Waals surface area (Å²) in [5.74, 6) is 2.01. The van der Waals surface area contributed by atoms with Gasteiger partial charge >= 0.3 is 5.97 Å². The van der Waals surface area contributed by atoms with E-state index in [9.17, 15) is 19.2 Å². The molecule has 3 aromatic carbocycles. The molecule has 0 radical (unpaired) electrons. The number of unbranched alkanes of at least 4 members (excludes halogenated alkanes) is 1. The number of aromatic nitrogens is 1. The molecule has 4 aromatic rings. The van der Waals surface area contributed by atoms with Gasteiger partial charge in [0.2, 0.25) is 0 Å². The SMILES string of the molecule is COc1cc(C(=O)N(C)c2ccc(C)cc2OCCCCC(=C=O)N2CCN(C)CC2)ccc1NC(=O)c1cccc2ccn(COC(=O)C(C)(C)C)c12. The minimum Gasteiger partial charge on any atom is -0.495 e. The number of fused-ring (bicyclic) bond motifs is 1. The van der Waals surface area contributed by atoms with E-state index in [-0.39, 0.29) is 18.6 Å². The van der Waals surface area contributed by atoms with Crippen molar-refractivity contribution < 1.29 is 33.4 Å². The van der Waals surface area contributed by atoms with E-state index < -0.39 is 11.3 Å². The maximum atomic E-state index is 13.8. The summed E-state index contributed by atoms with van der Waals surface area (Å²) >= 11 is 0. The second kappa shape index (κ2) is 17.5. The summed E-state index contributed by atoms with van der Waals surface area (Å²) in [5.41, 5.74) is 3.40. The Morgan fingerprint density at radius 2 is 1.70 bits per heavy atom. The van der Waals surface area contributed by atoms with E-state index in [0.29, 0.717) is 58.2 Å². The van der Waals surface area contributed by atoms with Gasteiger partial charge in [-0.2, -0.15) is 0 Å². The number of nitrogens with zero attached hydrogens (tertiary/aromatic N) is 4. The van der Waals surface area contributed by atoms with Gasteiger partial charge in [-0.15, -0.1) is 0 Å². The number of likely N-dealkylation sites (N-methyl/N-ethyl adjacent to an activating group) is 1. The fourth-order valence-electron chi connectivity index (χ4n) is 6.26. The van der Waals surface area contributed by atoms with Gasteiger partial charge in [0.25, 0.3) is 11.8 Å².